The molecule has 1 heteroatoms. The Hall–Kier alpha value is 0.0300. The smallest absolute Gasteiger partial charge is 0.0542 e. The molecule has 0 bridgehead atoms. The van der Waals surface area contributed by atoms with Crippen molar-refractivity contribution in [1.29, 1.82) is 0 Å². The first-order valence-corrected chi connectivity index (χ1v) is 5.84. The van der Waals surface area contributed by atoms with Crippen LogP contribution in [-0.2, 0) is 0 Å². The Morgan fingerprint density at radius 2 is 2.00 bits per heavy atom. The van der Waals surface area contributed by atoms with E-state index in [-0.39, 0.29) is 5.38 Å². The second-order valence-corrected chi connectivity index (χ2v) is 4.49. The van der Waals surface area contributed by atoms with Crippen LogP contribution in [0.1, 0.15) is 52.9 Å². The summed E-state index contributed by atoms with van der Waals surface area (Å²) in [5.74, 6) is 0.791. The van der Waals surface area contributed by atoms with Crippen LogP contribution >= 0.6 is 11.6 Å². The van der Waals surface area contributed by atoms with Crippen LogP contribution in [0.25, 0.3) is 0 Å². The minimum absolute atomic E-state index is 0.182. The molecule has 0 radical (unpaired) electrons. The molecule has 0 saturated carbocycles. The highest BCUT2D eigenvalue weighted by molar-refractivity contribution is 6.22. The topological polar surface area (TPSA) is 0 Å². The lowest BCUT2D eigenvalue weighted by molar-refractivity contribution is 0.424. The van der Waals surface area contributed by atoms with E-state index < -0.39 is 0 Å². The number of unbranched alkanes of at least 4 members (excludes halogenated alkanes) is 1. The van der Waals surface area contributed by atoms with Crippen LogP contribution in [0.5, 0.6) is 0 Å². The minimum Gasteiger partial charge on any atom is -0.118 e. The van der Waals surface area contributed by atoms with Gasteiger partial charge in [0, 0.05) is 0 Å². The van der Waals surface area contributed by atoms with Gasteiger partial charge in [-0.2, -0.15) is 0 Å². The Morgan fingerprint density at radius 1 is 1.38 bits per heavy atom. The third-order valence-electron chi connectivity index (χ3n) is 2.62. The highest BCUT2D eigenvalue weighted by Crippen LogP contribution is 2.24. The van der Waals surface area contributed by atoms with Crippen molar-refractivity contribution in [3.63, 3.8) is 0 Å². The zero-order valence-electron chi connectivity index (χ0n) is 9.28. The second kappa shape index (κ2) is 7.44. The molecule has 13 heavy (non-hydrogen) atoms. The highest BCUT2D eigenvalue weighted by atomic mass is 35.5. The third kappa shape index (κ3) is 6.15. The molecule has 0 saturated heterocycles. The van der Waals surface area contributed by atoms with Gasteiger partial charge in [-0.1, -0.05) is 51.7 Å². The summed E-state index contributed by atoms with van der Waals surface area (Å²) in [6, 6.07) is 0. The van der Waals surface area contributed by atoms with Gasteiger partial charge in [0.2, 0.25) is 0 Å². The summed E-state index contributed by atoms with van der Waals surface area (Å²) >= 11 is 6.17. The predicted octanol–water partition coefficient (Wildman–Crippen LogP) is 4.78. The molecule has 0 fully saturated rings. The van der Waals surface area contributed by atoms with Crippen LogP contribution in [0.2, 0.25) is 0 Å². The van der Waals surface area contributed by atoms with Crippen molar-refractivity contribution in [2.75, 3.05) is 0 Å². The molecule has 0 nitrogen and oxygen atoms in total. The lowest BCUT2D eigenvalue weighted by Crippen LogP contribution is -2.08. The fraction of sp³-hybridized carbons (Fsp3) is 0.833. The number of hydrogen-bond acceptors (Lipinski definition) is 0. The average molecular weight is 203 g/mol. The molecule has 0 aliphatic heterocycles. The van der Waals surface area contributed by atoms with Crippen molar-refractivity contribution in [1.82, 2.24) is 0 Å². The van der Waals surface area contributed by atoms with E-state index in [1.807, 2.05) is 6.92 Å². The summed E-state index contributed by atoms with van der Waals surface area (Å²) in [4.78, 5) is 0. The summed E-state index contributed by atoms with van der Waals surface area (Å²) < 4.78 is 0. The first-order valence-electron chi connectivity index (χ1n) is 5.41. The van der Waals surface area contributed by atoms with E-state index in [4.69, 9.17) is 11.6 Å². The second-order valence-electron chi connectivity index (χ2n) is 3.97. The normalized spacial score (nSPS) is 15.4. The predicted molar refractivity (Wildman–Crippen MR) is 62.4 cm³/mol. The van der Waals surface area contributed by atoms with Crippen LogP contribution in [0.15, 0.2) is 12.2 Å². The number of rotatable bonds is 7. The Morgan fingerprint density at radius 3 is 2.38 bits per heavy atom. The molecule has 0 aromatic carbocycles. The van der Waals surface area contributed by atoms with Crippen molar-refractivity contribution in [2.45, 2.75) is 58.3 Å². The van der Waals surface area contributed by atoms with Gasteiger partial charge >= 0.3 is 0 Å². The molecule has 0 aromatic heterocycles. The van der Waals surface area contributed by atoms with Gasteiger partial charge in [0.05, 0.1) is 5.38 Å². The summed E-state index contributed by atoms with van der Waals surface area (Å²) in [7, 11) is 0. The Balaban J connectivity index is 3.75. The standard InChI is InChI=1S/C12H23Cl/c1-5-7-8-11(6-2)9-12(13)10(3)4/h11-12H,3,5-9H2,1-2,4H3. The SMILES string of the molecule is C=C(C)C(Cl)CC(CC)CCCC. The lowest BCUT2D eigenvalue weighted by Gasteiger charge is -2.18. The molecule has 2 atom stereocenters. The van der Waals surface area contributed by atoms with Gasteiger partial charge in [0.25, 0.3) is 0 Å². The maximum absolute atomic E-state index is 6.17. The Labute approximate surface area is 88.4 Å². The summed E-state index contributed by atoms with van der Waals surface area (Å²) in [5, 5.41) is 0.182. The number of halogens is 1. The van der Waals surface area contributed by atoms with Gasteiger partial charge in [-0.15, -0.1) is 11.6 Å². The van der Waals surface area contributed by atoms with Crippen molar-refractivity contribution in [3.05, 3.63) is 12.2 Å². The van der Waals surface area contributed by atoms with Crippen molar-refractivity contribution < 1.29 is 0 Å². The maximum Gasteiger partial charge on any atom is 0.0542 e. The van der Waals surface area contributed by atoms with Crippen molar-refractivity contribution in [3.8, 4) is 0 Å². The van der Waals surface area contributed by atoms with E-state index in [0.717, 1.165) is 17.9 Å². The van der Waals surface area contributed by atoms with Crippen LogP contribution in [0.4, 0.5) is 0 Å². The Kier molecular flexibility index (Phi) is 7.45. The van der Waals surface area contributed by atoms with Crippen LogP contribution in [-0.4, -0.2) is 5.38 Å². The van der Waals surface area contributed by atoms with E-state index in [2.05, 4.69) is 20.4 Å². The van der Waals surface area contributed by atoms with E-state index in [1.165, 1.54) is 25.7 Å². The number of alkyl halides is 1. The molecule has 0 amide bonds. The van der Waals surface area contributed by atoms with Crippen molar-refractivity contribution in [2.24, 2.45) is 5.92 Å². The van der Waals surface area contributed by atoms with E-state index in [0.29, 0.717) is 0 Å². The van der Waals surface area contributed by atoms with Gasteiger partial charge in [0.15, 0.2) is 0 Å². The first-order chi connectivity index (χ1) is 6.11. The largest absolute Gasteiger partial charge is 0.118 e. The molecule has 0 spiro atoms. The average Bonchev–Trinajstić information content (AvgIpc) is 2.11. The van der Waals surface area contributed by atoms with Crippen LogP contribution in [0.3, 0.4) is 0 Å². The third-order valence-corrected chi connectivity index (χ3v) is 3.17. The zero-order chi connectivity index (χ0) is 10.3. The summed E-state index contributed by atoms with van der Waals surface area (Å²) in [5.41, 5.74) is 1.11. The van der Waals surface area contributed by atoms with Gasteiger partial charge in [-0.05, 0) is 19.3 Å². The van der Waals surface area contributed by atoms with E-state index >= 15 is 0 Å². The van der Waals surface area contributed by atoms with Gasteiger partial charge in [-0.3, -0.25) is 0 Å². The number of allylic oxidation sites excluding steroid dienone is 1. The zero-order valence-corrected chi connectivity index (χ0v) is 10.0. The van der Waals surface area contributed by atoms with Gasteiger partial charge in [-0.25, -0.2) is 0 Å². The minimum atomic E-state index is 0.182. The van der Waals surface area contributed by atoms with Crippen molar-refractivity contribution >= 4 is 11.6 Å². The molecular formula is C12H23Cl. The first kappa shape index (κ1) is 13.0. The molecular weight excluding hydrogens is 180 g/mol. The van der Waals surface area contributed by atoms with Gasteiger partial charge in [0.1, 0.15) is 0 Å². The molecule has 0 N–H and O–H groups in total. The molecule has 0 aliphatic rings. The molecule has 2 unspecified atom stereocenters. The maximum atomic E-state index is 6.17. The summed E-state index contributed by atoms with van der Waals surface area (Å²) in [6.07, 6.45) is 6.29. The highest BCUT2D eigenvalue weighted by Gasteiger charge is 2.12. The van der Waals surface area contributed by atoms with E-state index in [9.17, 15) is 0 Å². The Bertz CT molecular complexity index is 140. The molecule has 0 heterocycles. The summed E-state index contributed by atoms with van der Waals surface area (Å²) in [6.45, 7) is 10.4. The number of hydrogen-bond donors (Lipinski definition) is 0. The van der Waals surface area contributed by atoms with Crippen LogP contribution < -0.4 is 0 Å². The molecule has 0 aromatic rings. The lowest BCUT2D eigenvalue weighted by atomic mass is 9.93. The molecule has 78 valence electrons. The van der Waals surface area contributed by atoms with Crippen LogP contribution in [0, 0.1) is 5.92 Å². The molecule has 0 aliphatic carbocycles. The molecule has 0 rings (SSSR count). The monoisotopic (exact) mass is 202 g/mol. The fourth-order valence-electron chi connectivity index (χ4n) is 1.48. The fourth-order valence-corrected chi connectivity index (χ4v) is 1.73. The van der Waals surface area contributed by atoms with E-state index in [1.54, 1.807) is 0 Å². The van der Waals surface area contributed by atoms with Gasteiger partial charge < -0.3 is 0 Å². The quantitative estimate of drug-likeness (QED) is 0.412.